The number of nitrogens with one attached hydrogen (secondary N) is 2. The molecule has 1 heterocycles. The van der Waals surface area contributed by atoms with Gasteiger partial charge >= 0.3 is 5.97 Å². The third-order valence-corrected chi connectivity index (χ3v) is 2.69. The van der Waals surface area contributed by atoms with Crippen LogP contribution in [0.2, 0.25) is 0 Å². The topological polar surface area (TPSA) is 113 Å². The molecule has 0 saturated heterocycles. The van der Waals surface area contributed by atoms with Crippen LogP contribution in [0.1, 0.15) is 19.0 Å². The first-order valence-corrected chi connectivity index (χ1v) is 6.12. The van der Waals surface area contributed by atoms with Crippen LogP contribution in [0.25, 0.3) is 0 Å². The second kappa shape index (κ2) is 7.27. The molecule has 0 spiro atoms. The van der Waals surface area contributed by atoms with Gasteiger partial charge in [-0.25, -0.2) is 9.78 Å². The highest BCUT2D eigenvalue weighted by molar-refractivity contribution is 5.84. The van der Waals surface area contributed by atoms with Crippen molar-refractivity contribution >= 4 is 17.8 Å². The molecule has 1 aromatic rings. The molecule has 0 unspecified atom stereocenters. The second-order valence-electron chi connectivity index (χ2n) is 4.39. The van der Waals surface area contributed by atoms with Crippen LogP contribution in [0, 0.1) is 0 Å². The molecule has 110 valence electrons. The first-order chi connectivity index (χ1) is 9.40. The summed E-state index contributed by atoms with van der Waals surface area (Å²) in [6.07, 6.45) is 3.30. The van der Waals surface area contributed by atoms with E-state index in [2.05, 4.69) is 15.6 Å². The lowest BCUT2D eigenvalue weighted by Gasteiger charge is -2.14. The fourth-order valence-electron chi connectivity index (χ4n) is 1.61. The van der Waals surface area contributed by atoms with Gasteiger partial charge < -0.3 is 20.3 Å². The molecule has 0 aliphatic heterocycles. The summed E-state index contributed by atoms with van der Waals surface area (Å²) in [5.41, 5.74) is 0.708. The van der Waals surface area contributed by atoms with Crippen molar-refractivity contribution in [2.75, 3.05) is 6.54 Å². The predicted molar refractivity (Wildman–Crippen MR) is 69.8 cm³/mol. The van der Waals surface area contributed by atoms with Crippen LogP contribution in [0.4, 0.5) is 0 Å². The maximum absolute atomic E-state index is 11.6. The maximum Gasteiger partial charge on any atom is 0.326 e. The van der Waals surface area contributed by atoms with Gasteiger partial charge in [0.15, 0.2) is 0 Å². The summed E-state index contributed by atoms with van der Waals surface area (Å²) < 4.78 is 1.69. The molecule has 1 aromatic heterocycles. The second-order valence-corrected chi connectivity index (χ2v) is 4.39. The lowest BCUT2D eigenvalue weighted by atomic mass is 10.1. The summed E-state index contributed by atoms with van der Waals surface area (Å²) in [5.74, 6) is -1.77. The molecular weight excluding hydrogens is 264 g/mol. The molecule has 0 bridgehead atoms. The van der Waals surface area contributed by atoms with E-state index < -0.39 is 17.9 Å². The first kappa shape index (κ1) is 15.7. The molecule has 8 nitrogen and oxygen atoms in total. The Kier molecular flexibility index (Phi) is 5.70. The third-order valence-electron chi connectivity index (χ3n) is 2.69. The van der Waals surface area contributed by atoms with E-state index >= 15 is 0 Å². The molecule has 0 aliphatic rings. The minimum Gasteiger partial charge on any atom is -0.480 e. The van der Waals surface area contributed by atoms with Crippen molar-refractivity contribution < 1.29 is 19.5 Å². The molecule has 8 heteroatoms. The highest BCUT2D eigenvalue weighted by atomic mass is 16.4. The Morgan fingerprint density at radius 1 is 1.45 bits per heavy atom. The number of imidazole rings is 1. The van der Waals surface area contributed by atoms with E-state index in [1.807, 2.05) is 0 Å². The Hall–Kier alpha value is -2.38. The summed E-state index contributed by atoms with van der Waals surface area (Å²) in [6, 6.07) is -1.02. The fourth-order valence-corrected chi connectivity index (χ4v) is 1.61. The molecular formula is C12H18N4O4. The predicted octanol–water partition coefficient (Wildman–Crippen LogP) is -0.942. The van der Waals surface area contributed by atoms with Crippen molar-refractivity contribution in [2.24, 2.45) is 7.05 Å². The van der Waals surface area contributed by atoms with E-state index in [9.17, 15) is 14.4 Å². The van der Waals surface area contributed by atoms with Crippen LogP contribution in [-0.4, -0.2) is 45.0 Å². The fraction of sp³-hybridized carbons (Fsp3) is 0.500. The molecule has 0 aromatic carbocycles. The number of carbonyl (C=O) groups is 3. The van der Waals surface area contributed by atoms with Crippen molar-refractivity contribution in [3.8, 4) is 0 Å². The zero-order valence-electron chi connectivity index (χ0n) is 11.4. The van der Waals surface area contributed by atoms with Crippen LogP contribution >= 0.6 is 0 Å². The Labute approximate surface area is 116 Å². The monoisotopic (exact) mass is 282 g/mol. The van der Waals surface area contributed by atoms with E-state index in [0.29, 0.717) is 5.69 Å². The summed E-state index contributed by atoms with van der Waals surface area (Å²) in [4.78, 5) is 37.3. The molecule has 0 fully saturated rings. The summed E-state index contributed by atoms with van der Waals surface area (Å²) in [5, 5.41) is 14.0. The van der Waals surface area contributed by atoms with Gasteiger partial charge in [-0.15, -0.1) is 0 Å². The Balaban J connectivity index is 2.51. The highest BCUT2D eigenvalue weighted by Gasteiger charge is 2.21. The Bertz CT molecular complexity index is 497. The van der Waals surface area contributed by atoms with Gasteiger partial charge in [0.05, 0.1) is 6.33 Å². The van der Waals surface area contributed by atoms with Gasteiger partial charge in [-0.05, 0) is 0 Å². The van der Waals surface area contributed by atoms with Crippen LogP contribution in [0.15, 0.2) is 12.5 Å². The Morgan fingerprint density at radius 3 is 2.65 bits per heavy atom. The average molecular weight is 282 g/mol. The maximum atomic E-state index is 11.6. The van der Waals surface area contributed by atoms with E-state index in [1.54, 1.807) is 24.1 Å². The van der Waals surface area contributed by atoms with Crippen molar-refractivity contribution in [2.45, 2.75) is 25.8 Å². The van der Waals surface area contributed by atoms with Gasteiger partial charge in [0, 0.05) is 45.2 Å². The quantitative estimate of drug-likeness (QED) is 0.597. The van der Waals surface area contributed by atoms with E-state index in [1.165, 1.54) is 6.92 Å². The largest absolute Gasteiger partial charge is 0.480 e. The van der Waals surface area contributed by atoms with E-state index in [0.717, 1.165) is 0 Å². The molecule has 2 amide bonds. The summed E-state index contributed by atoms with van der Waals surface area (Å²) >= 11 is 0. The number of carboxylic acid groups (broad SMARTS) is 1. The normalized spacial score (nSPS) is 11.7. The lowest BCUT2D eigenvalue weighted by Crippen LogP contribution is -2.43. The average Bonchev–Trinajstić information content (AvgIpc) is 2.73. The number of aromatic nitrogens is 2. The van der Waals surface area contributed by atoms with Gasteiger partial charge in [0.1, 0.15) is 6.04 Å². The van der Waals surface area contributed by atoms with Gasteiger partial charge in [0.25, 0.3) is 0 Å². The third kappa shape index (κ3) is 5.09. The van der Waals surface area contributed by atoms with Gasteiger partial charge in [-0.3, -0.25) is 9.59 Å². The SMILES string of the molecule is CC(=O)NCCC(=O)N[C@H](Cc1cncn1C)C(=O)O. The number of carboxylic acids is 1. The van der Waals surface area contributed by atoms with Crippen molar-refractivity contribution in [3.63, 3.8) is 0 Å². The number of aryl methyl sites for hydroxylation is 1. The number of aliphatic carboxylic acids is 1. The summed E-state index contributed by atoms with van der Waals surface area (Å²) in [7, 11) is 1.75. The zero-order valence-corrected chi connectivity index (χ0v) is 11.4. The molecule has 1 rings (SSSR count). The van der Waals surface area contributed by atoms with Gasteiger partial charge in [-0.1, -0.05) is 0 Å². The molecule has 0 saturated carbocycles. The van der Waals surface area contributed by atoms with Crippen LogP contribution in [0.3, 0.4) is 0 Å². The van der Waals surface area contributed by atoms with Crippen molar-refractivity contribution in [1.82, 2.24) is 20.2 Å². The standard InChI is InChI=1S/C12H18N4O4/c1-8(17)14-4-3-11(18)15-10(12(19)20)5-9-6-13-7-16(9)2/h6-7,10H,3-5H2,1-2H3,(H,14,17)(H,15,18)(H,19,20)/t10-/m1/s1. The zero-order chi connectivity index (χ0) is 15.1. The Morgan fingerprint density at radius 2 is 2.15 bits per heavy atom. The molecule has 3 N–H and O–H groups in total. The number of rotatable bonds is 7. The lowest BCUT2D eigenvalue weighted by molar-refractivity contribution is -0.141. The minimum atomic E-state index is -1.11. The number of hydrogen-bond donors (Lipinski definition) is 3. The number of nitrogens with zero attached hydrogens (tertiary/aromatic N) is 2. The van der Waals surface area contributed by atoms with E-state index in [4.69, 9.17) is 5.11 Å². The van der Waals surface area contributed by atoms with E-state index in [-0.39, 0.29) is 25.3 Å². The molecule has 20 heavy (non-hydrogen) atoms. The minimum absolute atomic E-state index is 0.0365. The number of amides is 2. The van der Waals surface area contributed by atoms with Crippen molar-refractivity contribution in [3.05, 3.63) is 18.2 Å². The van der Waals surface area contributed by atoms with Crippen LogP contribution in [0.5, 0.6) is 0 Å². The number of hydrogen-bond acceptors (Lipinski definition) is 4. The van der Waals surface area contributed by atoms with Crippen LogP contribution < -0.4 is 10.6 Å². The van der Waals surface area contributed by atoms with Gasteiger partial charge in [-0.2, -0.15) is 0 Å². The first-order valence-electron chi connectivity index (χ1n) is 6.12. The molecule has 0 radical (unpaired) electrons. The smallest absolute Gasteiger partial charge is 0.326 e. The number of carbonyl (C=O) groups excluding carboxylic acids is 2. The van der Waals surface area contributed by atoms with Gasteiger partial charge in [0.2, 0.25) is 11.8 Å². The molecule has 0 aliphatic carbocycles. The van der Waals surface area contributed by atoms with Crippen molar-refractivity contribution in [1.29, 1.82) is 0 Å². The highest BCUT2D eigenvalue weighted by Crippen LogP contribution is 2.02. The summed E-state index contributed by atoms with van der Waals surface area (Å²) in [6.45, 7) is 1.53. The van der Waals surface area contributed by atoms with Crippen LogP contribution in [-0.2, 0) is 27.9 Å². The molecule has 1 atom stereocenters.